The van der Waals surface area contributed by atoms with Crippen molar-refractivity contribution in [2.24, 2.45) is 0 Å². The predicted octanol–water partition coefficient (Wildman–Crippen LogP) is 7.37. The van der Waals surface area contributed by atoms with Crippen molar-refractivity contribution in [1.29, 1.82) is 0 Å². The summed E-state index contributed by atoms with van der Waals surface area (Å²) in [5, 5.41) is 3.16. The topological polar surface area (TPSA) is 104 Å². The van der Waals surface area contributed by atoms with Gasteiger partial charge in [0.25, 0.3) is 5.91 Å². The number of Topliss-reactive ketones (excluding diaryl/α,β-unsaturated/α-hetero) is 1. The normalized spacial score (nSPS) is 17.6. The molecule has 1 aliphatic rings. The molecular weight excluding hydrogens is 599 g/mol. The van der Waals surface area contributed by atoms with Crippen molar-refractivity contribution in [2.75, 3.05) is 13.7 Å². The van der Waals surface area contributed by atoms with Crippen LogP contribution in [-0.2, 0) is 10.2 Å². The summed E-state index contributed by atoms with van der Waals surface area (Å²) in [6.45, 7) is -0.730. The highest BCUT2D eigenvalue weighted by Crippen LogP contribution is 2.48. The van der Waals surface area contributed by atoms with Crippen LogP contribution in [-0.4, -0.2) is 48.0 Å². The van der Waals surface area contributed by atoms with Crippen molar-refractivity contribution >= 4 is 22.7 Å². The molecule has 5 aromatic rings. The van der Waals surface area contributed by atoms with E-state index in [4.69, 9.17) is 13.9 Å². The van der Waals surface area contributed by atoms with Crippen molar-refractivity contribution < 1.29 is 36.7 Å². The smallest absolute Gasteiger partial charge is 0.345 e. The third-order valence-electron chi connectivity index (χ3n) is 8.22. The average Bonchev–Trinajstić information content (AvgIpc) is 3.42. The molecule has 1 saturated carbocycles. The Morgan fingerprint density at radius 2 is 1.76 bits per heavy atom. The second-order valence-corrected chi connectivity index (χ2v) is 11.1. The van der Waals surface area contributed by atoms with Gasteiger partial charge in [-0.2, -0.15) is 8.78 Å². The Kier molecular flexibility index (Phi) is 8.59. The van der Waals surface area contributed by atoms with Gasteiger partial charge < -0.3 is 19.2 Å². The fourth-order valence-corrected chi connectivity index (χ4v) is 6.08. The molecule has 0 saturated heterocycles. The van der Waals surface area contributed by atoms with Crippen LogP contribution in [0.1, 0.15) is 52.7 Å². The Bertz CT molecular complexity index is 1890. The van der Waals surface area contributed by atoms with Gasteiger partial charge in [-0.3, -0.25) is 9.59 Å². The maximum atomic E-state index is 13.8. The first-order valence-electron chi connectivity index (χ1n) is 14.8. The van der Waals surface area contributed by atoms with Crippen molar-refractivity contribution in [3.8, 4) is 28.2 Å². The van der Waals surface area contributed by atoms with Gasteiger partial charge in [0, 0.05) is 59.4 Å². The zero-order valence-corrected chi connectivity index (χ0v) is 25.1. The number of benzene rings is 3. The number of carbonyl (C=O) groups is 2. The third kappa shape index (κ3) is 5.97. The molecule has 0 spiro atoms. The highest BCUT2D eigenvalue weighted by atomic mass is 19.3. The van der Waals surface area contributed by atoms with E-state index in [2.05, 4.69) is 15.3 Å². The molecule has 0 radical (unpaired) electrons. The van der Waals surface area contributed by atoms with Crippen LogP contribution in [0.25, 0.3) is 33.4 Å². The lowest BCUT2D eigenvalue weighted by molar-refractivity contribution is -0.196. The second kappa shape index (κ2) is 12.8. The number of hydrogen-bond donors (Lipinski definition) is 1. The van der Waals surface area contributed by atoms with Crippen molar-refractivity contribution in [3.05, 3.63) is 102 Å². The lowest BCUT2D eigenvalue weighted by atomic mass is 9.63. The molecule has 46 heavy (non-hydrogen) atoms. The van der Waals surface area contributed by atoms with Gasteiger partial charge in [-0.15, -0.1) is 0 Å². The van der Waals surface area contributed by atoms with Gasteiger partial charge in [-0.25, -0.2) is 14.4 Å². The maximum Gasteiger partial charge on any atom is 0.345 e. The first-order valence-corrected chi connectivity index (χ1v) is 14.8. The van der Waals surface area contributed by atoms with Crippen molar-refractivity contribution in [3.63, 3.8) is 0 Å². The number of nitrogens with one attached hydrogen (secondary N) is 1. The minimum atomic E-state index is -2.91. The molecule has 0 atom stereocenters. The largest absolute Gasteiger partial charge is 0.493 e. The Labute approximate surface area is 262 Å². The van der Waals surface area contributed by atoms with E-state index in [1.165, 1.54) is 31.3 Å². The van der Waals surface area contributed by atoms with Gasteiger partial charge in [0.05, 0.1) is 18.3 Å². The van der Waals surface area contributed by atoms with E-state index in [9.17, 15) is 22.8 Å². The fourth-order valence-electron chi connectivity index (χ4n) is 6.08. The summed E-state index contributed by atoms with van der Waals surface area (Å²) in [4.78, 5) is 35.6. The Hall–Kier alpha value is -5.03. The van der Waals surface area contributed by atoms with Crippen LogP contribution in [0.2, 0.25) is 0 Å². The van der Waals surface area contributed by atoms with Gasteiger partial charge in [0.2, 0.25) is 0 Å². The number of hydrogen-bond acceptors (Lipinski definition) is 7. The third-order valence-corrected chi connectivity index (χ3v) is 8.22. The molecule has 8 nitrogen and oxygen atoms in total. The zero-order chi connectivity index (χ0) is 32.4. The number of amides is 1. The molecular formula is C35H30F3N3O5. The van der Waals surface area contributed by atoms with E-state index in [-0.39, 0.29) is 42.3 Å². The molecule has 2 heterocycles. The molecule has 1 amide bonds. The maximum absolute atomic E-state index is 13.8. The number of rotatable bonds is 11. The lowest BCUT2D eigenvalue weighted by Gasteiger charge is -2.45. The number of furan rings is 1. The van der Waals surface area contributed by atoms with Crippen LogP contribution in [0.3, 0.4) is 0 Å². The summed E-state index contributed by atoms with van der Waals surface area (Å²) in [5.41, 5.74) is 2.04. The summed E-state index contributed by atoms with van der Waals surface area (Å²) in [5.74, 6) is 0.148. The van der Waals surface area contributed by atoms with Crippen molar-refractivity contribution in [1.82, 2.24) is 15.3 Å². The van der Waals surface area contributed by atoms with Gasteiger partial charge in [-0.1, -0.05) is 18.2 Å². The van der Waals surface area contributed by atoms with Gasteiger partial charge in [0.1, 0.15) is 28.7 Å². The molecule has 2 aromatic heterocycles. The molecule has 1 fully saturated rings. The number of fused-ring (bicyclic) bond motifs is 1. The monoisotopic (exact) mass is 629 g/mol. The van der Waals surface area contributed by atoms with Gasteiger partial charge >= 0.3 is 6.61 Å². The van der Waals surface area contributed by atoms with Gasteiger partial charge in [-0.05, 0) is 67.8 Å². The summed E-state index contributed by atoms with van der Waals surface area (Å²) in [7, 11) is 1.51. The van der Waals surface area contributed by atoms with E-state index in [0.717, 1.165) is 0 Å². The molecule has 11 heteroatoms. The summed E-state index contributed by atoms with van der Waals surface area (Å²) >= 11 is 0. The van der Waals surface area contributed by atoms with Crippen LogP contribution in [0.4, 0.5) is 13.2 Å². The van der Waals surface area contributed by atoms with Crippen LogP contribution in [0.5, 0.6) is 5.75 Å². The number of halogens is 3. The van der Waals surface area contributed by atoms with Crippen LogP contribution >= 0.6 is 0 Å². The van der Waals surface area contributed by atoms with Gasteiger partial charge in [0.15, 0.2) is 5.78 Å². The number of carbonyl (C=O) groups excluding carboxylic acids is 2. The number of nitrogens with zero attached hydrogens (tertiary/aromatic N) is 2. The molecule has 0 unspecified atom stereocenters. The van der Waals surface area contributed by atoms with E-state index in [1.54, 1.807) is 48.8 Å². The Balaban J connectivity index is 1.39. The number of ketones is 1. The molecule has 1 N–H and O–H groups in total. The molecule has 6 rings (SSSR count). The Morgan fingerprint density at radius 3 is 2.43 bits per heavy atom. The number of aromatic nitrogens is 2. The molecule has 0 bridgehead atoms. The fraction of sp³-hybridized carbons (Fsp3) is 0.257. The van der Waals surface area contributed by atoms with E-state index in [0.29, 0.717) is 51.4 Å². The predicted molar refractivity (Wildman–Crippen MR) is 164 cm³/mol. The minimum absolute atomic E-state index is 0.00446. The lowest BCUT2D eigenvalue weighted by Crippen LogP contribution is -2.49. The van der Waals surface area contributed by atoms with Crippen LogP contribution in [0, 0.1) is 5.82 Å². The molecule has 1 aliphatic carbocycles. The summed E-state index contributed by atoms with van der Waals surface area (Å²) < 4.78 is 56.3. The second-order valence-electron chi connectivity index (χ2n) is 11.1. The molecule has 236 valence electrons. The highest BCUT2D eigenvalue weighted by molar-refractivity contribution is 6.12. The quantitative estimate of drug-likeness (QED) is 0.152. The highest BCUT2D eigenvalue weighted by Gasteiger charge is 2.50. The standard InChI is InChI=1S/C35H30F3N3O5/c1-3-44-28-16-29-26(30(32(43)39-2)31(46-29)20-8-10-23(36)11-9-20)15-25(28)21-6-4-7-22(14-21)27(42)19-35(33-40-12-5-13-41-33)17-24(18-35)45-34(37)38/h4-16,24,34H,3,17-19H2,1-2H3,(H,39,43). The van der Waals surface area contributed by atoms with E-state index in [1.807, 2.05) is 13.0 Å². The molecule has 0 aliphatic heterocycles. The number of alkyl halides is 2. The average molecular weight is 630 g/mol. The van der Waals surface area contributed by atoms with Crippen LogP contribution in [0.15, 0.2) is 83.5 Å². The molecule has 3 aromatic carbocycles. The van der Waals surface area contributed by atoms with E-state index < -0.39 is 23.9 Å². The van der Waals surface area contributed by atoms with Crippen molar-refractivity contribution in [2.45, 2.75) is 44.3 Å². The van der Waals surface area contributed by atoms with E-state index >= 15 is 0 Å². The SMILES string of the molecule is CCOc1cc2oc(-c3ccc(F)cc3)c(C(=O)NC)c2cc1-c1cccc(C(=O)CC2(c3ncccn3)CC(OC(F)F)C2)c1. The summed E-state index contributed by atoms with van der Waals surface area (Å²) in [6.07, 6.45) is 2.81. The first-order chi connectivity index (χ1) is 22.2. The van der Waals surface area contributed by atoms with Crippen LogP contribution < -0.4 is 10.1 Å². The zero-order valence-electron chi connectivity index (χ0n) is 25.1. The minimum Gasteiger partial charge on any atom is -0.493 e. The first kappa shape index (κ1) is 31.0. The number of ether oxygens (including phenoxy) is 2. The Morgan fingerprint density at radius 1 is 1.02 bits per heavy atom. The summed E-state index contributed by atoms with van der Waals surface area (Å²) in [6, 6.07) is 17.8.